The molecule has 0 aliphatic carbocycles. The molecule has 2 bridgehead atoms. The first kappa shape index (κ1) is 16.2. The van der Waals surface area contributed by atoms with Gasteiger partial charge in [0.2, 0.25) is 5.91 Å². The van der Waals surface area contributed by atoms with Gasteiger partial charge in [-0.2, -0.15) is 5.10 Å². The number of ether oxygens (including phenoxy) is 2. The Labute approximate surface area is 143 Å². The van der Waals surface area contributed by atoms with Crippen molar-refractivity contribution in [3.63, 3.8) is 0 Å². The van der Waals surface area contributed by atoms with E-state index in [0.717, 1.165) is 6.54 Å². The average Bonchev–Trinajstić information content (AvgIpc) is 3.32. The summed E-state index contributed by atoms with van der Waals surface area (Å²) in [6, 6.07) is 0. The minimum absolute atomic E-state index is 0.0185. The summed E-state index contributed by atoms with van der Waals surface area (Å²) in [7, 11) is 0. The predicted octanol–water partition coefficient (Wildman–Crippen LogP) is -0.144. The Bertz CT molecular complexity index is 774. The lowest BCUT2D eigenvalue weighted by Gasteiger charge is -2.34. The Morgan fingerprint density at radius 2 is 2.36 bits per heavy atom. The summed E-state index contributed by atoms with van der Waals surface area (Å²) in [6.45, 7) is 3.16. The third-order valence-corrected chi connectivity index (χ3v) is 4.52. The lowest BCUT2D eigenvalue weighted by molar-refractivity contribution is -0.219. The lowest BCUT2D eigenvalue weighted by Crippen LogP contribution is -2.44. The molecule has 0 radical (unpaired) electrons. The van der Waals surface area contributed by atoms with E-state index in [9.17, 15) is 9.90 Å². The van der Waals surface area contributed by atoms with Crippen molar-refractivity contribution in [2.75, 3.05) is 11.9 Å². The molecule has 2 aromatic rings. The molecule has 2 fully saturated rings. The Hall–Kier alpha value is -2.30. The summed E-state index contributed by atoms with van der Waals surface area (Å²) in [5.41, 5.74) is -0.356. The van der Waals surface area contributed by atoms with Crippen LogP contribution in [0.5, 0.6) is 0 Å². The summed E-state index contributed by atoms with van der Waals surface area (Å²) >= 11 is 0. The highest BCUT2D eigenvalue weighted by Crippen LogP contribution is 2.40. The van der Waals surface area contributed by atoms with Crippen molar-refractivity contribution >= 4 is 11.6 Å². The molecule has 134 valence electrons. The van der Waals surface area contributed by atoms with Gasteiger partial charge in [0.05, 0.1) is 30.8 Å². The molecule has 10 nitrogen and oxygen atoms in total. The summed E-state index contributed by atoms with van der Waals surface area (Å²) < 4.78 is 14.2. The number of carbonyl (C=O) groups is 1. The Balaban J connectivity index is 1.41. The van der Waals surface area contributed by atoms with Crippen LogP contribution < -0.4 is 5.32 Å². The van der Waals surface area contributed by atoms with Crippen LogP contribution >= 0.6 is 0 Å². The topological polar surface area (TPSA) is 116 Å². The van der Waals surface area contributed by atoms with Crippen LogP contribution in [-0.2, 0) is 33.0 Å². The number of anilines is 1. The van der Waals surface area contributed by atoms with Gasteiger partial charge in [0.15, 0.2) is 11.9 Å². The maximum Gasteiger partial charge on any atom is 0.246 e. The molecule has 1 unspecified atom stereocenters. The maximum atomic E-state index is 12.1. The van der Waals surface area contributed by atoms with Crippen molar-refractivity contribution < 1.29 is 19.4 Å². The SMILES string of the molecule is CCn1cc(NC(=O)Cn2cc(C3(O)CC[C@H]4CO[C@@H]3O4)nn2)cn1. The van der Waals surface area contributed by atoms with Crippen LogP contribution in [0, 0.1) is 0 Å². The number of hydrogen-bond donors (Lipinski definition) is 2. The molecule has 0 aromatic carbocycles. The van der Waals surface area contributed by atoms with Gasteiger partial charge in [0.25, 0.3) is 0 Å². The van der Waals surface area contributed by atoms with Crippen LogP contribution in [0.4, 0.5) is 5.69 Å². The van der Waals surface area contributed by atoms with Gasteiger partial charge in [-0.1, -0.05) is 5.21 Å². The fourth-order valence-electron chi connectivity index (χ4n) is 3.12. The van der Waals surface area contributed by atoms with Gasteiger partial charge in [-0.3, -0.25) is 9.48 Å². The average molecular weight is 348 g/mol. The van der Waals surface area contributed by atoms with Gasteiger partial charge in [-0.15, -0.1) is 5.10 Å². The van der Waals surface area contributed by atoms with Crippen molar-refractivity contribution in [3.05, 3.63) is 24.3 Å². The van der Waals surface area contributed by atoms with Crippen molar-refractivity contribution in [2.45, 2.75) is 50.8 Å². The zero-order chi connectivity index (χ0) is 17.4. The van der Waals surface area contributed by atoms with E-state index < -0.39 is 11.9 Å². The standard InChI is InChI=1S/C15H20N6O4/c1-2-20-6-10(5-16-20)17-13(22)8-21-7-12(18-19-21)15(23)4-3-11-9-24-14(15)25-11/h5-7,11,14,23H,2-4,8-9H2,1H3,(H,17,22)/t11-,14+,15?/m0/s1. The van der Waals surface area contributed by atoms with Crippen LogP contribution in [0.3, 0.4) is 0 Å². The normalized spacial score (nSPS) is 28.2. The van der Waals surface area contributed by atoms with E-state index >= 15 is 0 Å². The number of rotatable bonds is 5. The van der Waals surface area contributed by atoms with Gasteiger partial charge >= 0.3 is 0 Å². The molecule has 1 amide bonds. The number of aryl methyl sites for hydroxylation is 1. The first-order valence-electron chi connectivity index (χ1n) is 8.29. The van der Waals surface area contributed by atoms with Gasteiger partial charge < -0.3 is 19.9 Å². The molecule has 3 atom stereocenters. The van der Waals surface area contributed by atoms with Crippen LogP contribution in [0.1, 0.15) is 25.5 Å². The molecule has 2 saturated heterocycles. The zero-order valence-electron chi connectivity index (χ0n) is 13.8. The molecule has 4 heterocycles. The number of nitrogens with zero attached hydrogens (tertiary/aromatic N) is 5. The first-order valence-corrected chi connectivity index (χ1v) is 8.29. The van der Waals surface area contributed by atoms with E-state index in [1.54, 1.807) is 23.3 Å². The molecule has 2 aliphatic heterocycles. The summed E-state index contributed by atoms with van der Waals surface area (Å²) in [4.78, 5) is 12.1. The molecule has 2 aromatic heterocycles. The van der Waals surface area contributed by atoms with Gasteiger partial charge in [-0.05, 0) is 19.8 Å². The quantitative estimate of drug-likeness (QED) is 0.772. The van der Waals surface area contributed by atoms with Crippen LogP contribution in [-0.4, -0.2) is 54.8 Å². The highest BCUT2D eigenvalue weighted by molar-refractivity contribution is 5.90. The second kappa shape index (κ2) is 6.21. The van der Waals surface area contributed by atoms with Crippen molar-refractivity contribution in [1.82, 2.24) is 24.8 Å². The molecular weight excluding hydrogens is 328 g/mol. The fraction of sp³-hybridized carbons (Fsp3) is 0.600. The largest absolute Gasteiger partial charge is 0.378 e. The lowest BCUT2D eigenvalue weighted by atomic mass is 9.90. The van der Waals surface area contributed by atoms with E-state index in [1.165, 1.54) is 4.68 Å². The van der Waals surface area contributed by atoms with E-state index in [2.05, 4.69) is 20.7 Å². The summed E-state index contributed by atoms with van der Waals surface area (Å²) in [6.07, 6.45) is 5.39. The van der Waals surface area contributed by atoms with E-state index in [0.29, 0.717) is 30.8 Å². The predicted molar refractivity (Wildman–Crippen MR) is 84.3 cm³/mol. The Morgan fingerprint density at radius 1 is 1.48 bits per heavy atom. The number of aliphatic hydroxyl groups is 1. The zero-order valence-corrected chi connectivity index (χ0v) is 13.8. The fourth-order valence-corrected chi connectivity index (χ4v) is 3.12. The van der Waals surface area contributed by atoms with Crippen molar-refractivity contribution in [1.29, 1.82) is 0 Å². The van der Waals surface area contributed by atoms with Crippen molar-refractivity contribution in [2.24, 2.45) is 0 Å². The molecule has 2 aliphatic rings. The Morgan fingerprint density at radius 3 is 3.16 bits per heavy atom. The number of nitrogens with one attached hydrogen (secondary N) is 1. The molecule has 4 rings (SSSR count). The smallest absolute Gasteiger partial charge is 0.246 e. The van der Waals surface area contributed by atoms with Gasteiger partial charge in [0.1, 0.15) is 12.2 Å². The molecule has 2 N–H and O–H groups in total. The second-order valence-corrected chi connectivity index (χ2v) is 6.32. The van der Waals surface area contributed by atoms with E-state index in [4.69, 9.17) is 9.47 Å². The molecular formula is C15H20N6O4. The number of fused-ring (bicyclic) bond motifs is 2. The van der Waals surface area contributed by atoms with Crippen LogP contribution in [0.25, 0.3) is 0 Å². The minimum Gasteiger partial charge on any atom is -0.378 e. The van der Waals surface area contributed by atoms with E-state index in [1.807, 2.05) is 6.92 Å². The first-order chi connectivity index (χ1) is 12.1. The monoisotopic (exact) mass is 348 g/mol. The third-order valence-electron chi connectivity index (χ3n) is 4.52. The highest BCUT2D eigenvalue weighted by atomic mass is 16.7. The van der Waals surface area contributed by atoms with Crippen molar-refractivity contribution in [3.8, 4) is 0 Å². The number of hydrogen-bond acceptors (Lipinski definition) is 7. The maximum absolute atomic E-state index is 12.1. The summed E-state index contributed by atoms with van der Waals surface area (Å²) in [5, 5.41) is 25.7. The second-order valence-electron chi connectivity index (χ2n) is 6.32. The molecule has 10 heteroatoms. The molecule has 0 spiro atoms. The molecule has 25 heavy (non-hydrogen) atoms. The van der Waals surface area contributed by atoms with Crippen LogP contribution in [0.2, 0.25) is 0 Å². The number of carbonyl (C=O) groups excluding carboxylic acids is 1. The summed E-state index contributed by atoms with van der Waals surface area (Å²) in [5.74, 6) is -0.254. The van der Waals surface area contributed by atoms with Crippen LogP contribution in [0.15, 0.2) is 18.6 Å². The third kappa shape index (κ3) is 3.03. The molecule has 0 saturated carbocycles. The Kier molecular flexibility index (Phi) is 4.02. The number of aromatic nitrogens is 5. The van der Waals surface area contributed by atoms with E-state index in [-0.39, 0.29) is 18.6 Å². The number of amides is 1. The van der Waals surface area contributed by atoms with Gasteiger partial charge in [-0.25, -0.2) is 4.68 Å². The highest BCUT2D eigenvalue weighted by Gasteiger charge is 2.51. The minimum atomic E-state index is -1.33. The van der Waals surface area contributed by atoms with Gasteiger partial charge in [0, 0.05) is 12.7 Å².